The van der Waals surface area contributed by atoms with E-state index in [9.17, 15) is 0 Å². The Morgan fingerprint density at radius 3 is 2.67 bits per heavy atom. The molecule has 1 aliphatic rings. The second-order valence-corrected chi connectivity index (χ2v) is 4.46. The summed E-state index contributed by atoms with van der Waals surface area (Å²) in [5.41, 5.74) is 3.02. The minimum atomic E-state index is 0.712. The van der Waals surface area contributed by atoms with Crippen LogP contribution in [0.1, 0.15) is 26.7 Å². The Balaban J connectivity index is 2.31. The molecule has 0 aromatic rings. The van der Waals surface area contributed by atoms with E-state index in [-0.39, 0.29) is 0 Å². The fourth-order valence-corrected chi connectivity index (χ4v) is 1.97. The molecule has 0 bridgehead atoms. The van der Waals surface area contributed by atoms with Crippen molar-refractivity contribution in [2.75, 3.05) is 40.3 Å². The Hall–Kier alpha value is -1.07. The molecule has 104 valence electrons. The molecule has 1 fully saturated rings. The number of nitrogens with zero attached hydrogens (tertiary/aromatic N) is 3. The first-order chi connectivity index (χ1) is 8.67. The summed E-state index contributed by atoms with van der Waals surface area (Å²) in [6.07, 6.45) is 4.59. The van der Waals surface area contributed by atoms with Crippen molar-refractivity contribution in [3.05, 3.63) is 11.9 Å². The molecular formula is C13H26N4O. The number of likely N-dealkylation sites (tertiary alicyclic amines) is 1. The Labute approximate surface area is 110 Å². The van der Waals surface area contributed by atoms with Gasteiger partial charge in [-0.15, -0.1) is 0 Å². The van der Waals surface area contributed by atoms with Gasteiger partial charge in [-0.3, -0.25) is 9.91 Å². The molecule has 5 nitrogen and oxygen atoms in total. The van der Waals surface area contributed by atoms with Crippen LogP contribution >= 0.6 is 0 Å². The van der Waals surface area contributed by atoms with Gasteiger partial charge in [-0.25, -0.2) is 5.43 Å². The number of allylic oxidation sites excluding steroid dienone is 1. The van der Waals surface area contributed by atoms with Crippen LogP contribution in [0.25, 0.3) is 0 Å². The molecule has 0 spiro atoms. The maximum atomic E-state index is 5.64. The number of aliphatic imine (C=N–C) groups is 1. The Morgan fingerprint density at radius 2 is 2.11 bits per heavy atom. The quantitative estimate of drug-likeness (QED) is 0.442. The van der Waals surface area contributed by atoms with E-state index in [4.69, 9.17) is 4.74 Å². The molecule has 0 radical (unpaired) electrons. The number of rotatable bonds is 6. The van der Waals surface area contributed by atoms with Crippen LogP contribution in [0, 0.1) is 0 Å². The van der Waals surface area contributed by atoms with Gasteiger partial charge in [-0.1, -0.05) is 0 Å². The summed E-state index contributed by atoms with van der Waals surface area (Å²) in [4.78, 5) is 6.86. The number of hydrazine groups is 1. The highest BCUT2D eigenvalue weighted by Gasteiger charge is 2.10. The van der Waals surface area contributed by atoms with Crippen molar-refractivity contribution in [2.24, 2.45) is 4.99 Å². The van der Waals surface area contributed by atoms with Crippen molar-refractivity contribution < 1.29 is 4.74 Å². The van der Waals surface area contributed by atoms with E-state index >= 15 is 0 Å². The Morgan fingerprint density at radius 1 is 1.44 bits per heavy atom. The number of nitrogens with one attached hydrogen (secondary N) is 1. The SMILES string of the molecule is C/C=C(/N=C(\C)OCCN1CCCC1)N(C)NC. The van der Waals surface area contributed by atoms with Crippen molar-refractivity contribution >= 4 is 5.90 Å². The first-order valence-corrected chi connectivity index (χ1v) is 6.65. The summed E-state index contributed by atoms with van der Waals surface area (Å²) < 4.78 is 5.64. The number of hydrogen-bond acceptors (Lipinski definition) is 5. The molecule has 1 saturated heterocycles. The fourth-order valence-electron chi connectivity index (χ4n) is 1.97. The minimum Gasteiger partial charge on any atom is -0.480 e. The van der Waals surface area contributed by atoms with Crippen molar-refractivity contribution in [3.8, 4) is 0 Å². The van der Waals surface area contributed by atoms with Gasteiger partial charge in [0.05, 0.1) is 0 Å². The minimum absolute atomic E-state index is 0.712. The maximum absolute atomic E-state index is 5.64. The molecule has 0 unspecified atom stereocenters. The van der Waals surface area contributed by atoms with Crippen LogP contribution in [0.4, 0.5) is 0 Å². The molecular weight excluding hydrogens is 228 g/mol. The third-order valence-electron chi connectivity index (χ3n) is 3.13. The molecule has 0 aliphatic carbocycles. The van der Waals surface area contributed by atoms with E-state index in [1.54, 1.807) is 0 Å². The van der Waals surface area contributed by atoms with Gasteiger partial charge in [0.25, 0.3) is 0 Å². The normalized spacial score (nSPS) is 18.2. The first-order valence-electron chi connectivity index (χ1n) is 6.65. The van der Waals surface area contributed by atoms with Gasteiger partial charge in [-0.05, 0) is 38.9 Å². The van der Waals surface area contributed by atoms with E-state index in [2.05, 4.69) is 15.3 Å². The summed E-state index contributed by atoms with van der Waals surface area (Å²) in [5.74, 6) is 1.57. The van der Waals surface area contributed by atoms with Gasteiger partial charge in [0.1, 0.15) is 12.4 Å². The average molecular weight is 254 g/mol. The molecule has 1 rings (SSSR count). The van der Waals surface area contributed by atoms with Crippen LogP contribution in [0.3, 0.4) is 0 Å². The zero-order valence-electron chi connectivity index (χ0n) is 12.1. The zero-order chi connectivity index (χ0) is 13.4. The van der Waals surface area contributed by atoms with Crippen LogP contribution in [-0.4, -0.2) is 56.1 Å². The molecule has 1 heterocycles. The van der Waals surface area contributed by atoms with Gasteiger partial charge in [-0.2, -0.15) is 4.99 Å². The predicted octanol–water partition coefficient (Wildman–Crippen LogP) is 1.44. The molecule has 0 aromatic heterocycles. The first kappa shape index (κ1) is 15.0. The van der Waals surface area contributed by atoms with Gasteiger partial charge in [0.2, 0.25) is 0 Å². The fraction of sp³-hybridized carbons (Fsp3) is 0.769. The highest BCUT2D eigenvalue weighted by molar-refractivity contribution is 5.74. The van der Waals surface area contributed by atoms with Crippen molar-refractivity contribution in [2.45, 2.75) is 26.7 Å². The number of ether oxygens (including phenoxy) is 1. The summed E-state index contributed by atoms with van der Waals surface area (Å²) >= 11 is 0. The van der Waals surface area contributed by atoms with Crippen molar-refractivity contribution in [1.82, 2.24) is 15.3 Å². The molecule has 0 aromatic carbocycles. The van der Waals surface area contributed by atoms with Crippen LogP contribution in [-0.2, 0) is 4.74 Å². The maximum Gasteiger partial charge on any atom is 0.186 e. The summed E-state index contributed by atoms with van der Waals surface area (Å²) in [7, 11) is 3.79. The van der Waals surface area contributed by atoms with E-state index in [0.717, 1.165) is 19.0 Å². The van der Waals surface area contributed by atoms with E-state index in [1.165, 1.54) is 25.9 Å². The molecule has 1 N–H and O–H groups in total. The molecule has 5 heteroatoms. The summed E-state index contributed by atoms with van der Waals surface area (Å²) in [5, 5.41) is 1.85. The molecule has 18 heavy (non-hydrogen) atoms. The summed E-state index contributed by atoms with van der Waals surface area (Å²) in [6, 6.07) is 0. The lowest BCUT2D eigenvalue weighted by Crippen LogP contribution is -2.30. The van der Waals surface area contributed by atoms with Gasteiger partial charge >= 0.3 is 0 Å². The largest absolute Gasteiger partial charge is 0.480 e. The van der Waals surface area contributed by atoms with E-state index in [0.29, 0.717) is 5.90 Å². The molecule has 1 aliphatic heterocycles. The lowest BCUT2D eigenvalue weighted by atomic mass is 10.4. The van der Waals surface area contributed by atoms with Gasteiger partial charge in [0, 0.05) is 27.6 Å². The third kappa shape index (κ3) is 5.06. The monoisotopic (exact) mass is 254 g/mol. The zero-order valence-corrected chi connectivity index (χ0v) is 12.1. The van der Waals surface area contributed by atoms with Gasteiger partial charge in [0.15, 0.2) is 5.90 Å². The van der Waals surface area contributed by atoms with Gasteiger partial charge < -0.3 is 4.74 Å². The third-order valence-corrected chi connectivity index (χ3v) is 3.13. The van der Waals surface area contributed by atoms with Crippen LogP contribution in [0.15, 0.2) is 16.9 Å². The van der Waals surface area contributed by atoms with E-state index in [1.807, 2.05) is 39.0 Å². The summed E-state index contributed by atoms with van der Waals surface area (Å²) in [6.45, 7) is 8.00. The Bertz CT molecular complexity index is 295. The lowest BCUT2D eigenvalue weighted by molar-refractivity contribution is 0.226. The average Bonchev–Trinajstić information content (AvgIpc) is 2.88. The van der Waals surface area contributed by atoms with E-state index < -0.39 is 0 Å². The topological polar surface area (TPSA) is 40.1 Å². The molecule has 0 atom stereocenters. The highest BCUT2D eigenvalue weighted by Crippen LogP contribution is 2.06. The molecule has 0 saturated carbocycles. The standard InChI is InChI=1S/C13H26N4O/c1-5-13(16(4)14-3)15-12(2)18-11-10-17-8-6-7-9-17/h5,14H,6-11H2,1-4H3/b13-5-,15-12+. The van der Waals surface area contributed by atoms with Crippen molar-refractivity contribution in [1.29, 1.82) is 0 Å². The molecule has 0 amide bonds. The number of hydrogen-bond donors (Lipinski definition) is 1. The predicted molar refractivity (Wildman–Crippen MR) is 75.3 cm³/mol. The lowest BCUT2D eigenvalue weighted by Gasteiger charge is -2.18. The second-order valence-electron chi connectivity index (χ2n) is 4.46. The highest BCUT2D eigenvalue weighted by atomic mass is 16.5. The smallest absolute Gasteiger partial charge is 0.186 e. The van der Waals surface area contributed by atoms with Crippen molar-refractivity contribution in [3.63, 3.8) is 0 Å². The van der Waals surface area contributed by atoms with Crippen LogP contribution in [0.5, 0.6) is 0 Å². The van der Waals surface area contributed by atoms with Crippen LogP contribution < -0.4 is 5.43 Å². The second kappa shape index (κ2) is 8.11. The van der Waals surface area contributed by atoms with Crippen LogP contribution in [0.2, 0.25) is 0 Å². The Kier molecular flexibility index (Phi) is 6.75.